The molecule has 0 radical (unpaired) electrons. The molecule has 1 aliphatic heterocycles. The average molecular weight is 364 g/mol. The average Bonchev–Trinajstić information content (AvgIpc) is 3.24. The minimum absolute atomic E-state index is 0.202. The number of nitrogens with zero attached hydrogens (tertiary/aromatic N) is 3. The standard InChI is InChI=1S/C20H24N6O/c1-12(2)16-17(13-7-5-4-6-8-13)23-24-19(16)22-20(27)18-14-11-21-10-9-15(14)26(3)25-18/h4-8,12,21H,9-11H2,1-3H3,(H2,22,23,24,27). The quantitative estimate of drug-likeness (QED) is 0.664. The largest absolute Gasteiger partial charge is 0.312 e. The number of benzene rings is 1. The fourth-order valence-electron chi connectivity index (χ4n) is 3.70. The Morgan fingerprint density at radius 3 is 2.78 bits per heavy atom. The summed E-state index contributed by atoms with van der Waals surface area (Å²) in [6.45, 7) is 5.77. The van der Waals surface area contributed by atoms with Gasteiger partial charge < -0.3 is 10.6 Å². The van der Waals surface area contributed by atoms with Crippen molar-refractivity contribution in [1.82, 2.24) is 25.3 Å². The third-order valence-corrected chi connectivity index (χ3v) is 5.01. The van der Waals surface area contributed by atoms with Crippen molar-refractivity contribution in [3.8, 4) is 11.3 Å². The molecule has 1 aromatic carbocycles. The molecule has 3 N–H and O–H groups in total. The molecule has 3 aromatic rings. The Morgan fingerprint density at radius 2 is 2.04 bits per heavy atom. The smallest absolute Gasteiger partial charge is 0.277 e. The molecule has 27 heavy (non-hydrogen) atoms. The van der Waals surface area contributed by atoms with E-state index in [2.05, 4.69) is 39.8 Å². The summed E-state index contributed by atoms with van der Waals surface area (Å²) in [7, 11) is 1.89. The van der Waals surface area contributed by atoms with Crippen LogP contribution in [-0.2, 0) is 20.0 Å². The van der Waals surface area contributed by atoms with Gasteiger partial charge in [-0.15, -0.1) is 0 Å². The molecule has 0 bridgehead atoms. The number of carbonyl (C=O) groups excluding carboxylic acids is 1. The van der Waals surface area contributed by atoms with E-state index in [4.69, 9.17) is 0 Å². The van der Waals surface area contributed by atoms with Crippen molar-refractivity contribution in [2.75, 3.05) is 11.9 Å². The van der Waals surface area contributed by atoms with Crippen LogP contribution in [0.5, 0.6) is 0 Å². The van der Waals surface area contributed by atoms with Gasteiger partial charge in [-0.2, -0.15) is 10.2 Å². The molecule has 7 nitrogen and oxygen atoms in total. The van der Waals surface area contributed by atoms with E-state index < -0.39 is 0 Å². The molecule has 0 saturated carbocycles. The lowest BCUT2D eigenvalue weighted by Crippen LogP contribution is -2.26. The molecule has 1 amide bonds. The highest BCUT2D eigenvalue weighted by molar-refractivity contribution is 6.04. The van der Waals surface area contributed by atoms with Gasteiger partial charge >= 0.3 is 0 Å². The third kappa shape index (κ3) is 3.14. The molecular weight excluding hydrogens is 340 g/mol. The number of H-pyrrole nitrogens is 1. The first kappa shape index (κ1) is 17.5. The van der Waals surface area contributed by atoms with Gasteiger partial charge in [-0.05, 0) is 11.5 Å². The fourth-order valence-corrected chi connectivity index (χ4v) is 3.70. The van der Waals surface area contributed by atoms with Crippen LogP contribution in [0.15, 0.2) is 30.3 Å². The number of nitrogens with one attached hydrogen (secondary N) is 3. The molecule has 1 aliphatic rings. The molecule has 0 aliphatic carbocycles. The summed E-state index contributed by atoms with van der Waals surface area (Å²) in [5.74, 6) is 0.550. The van der Waals surface area contributed by atoms with Crippen LogP contribution in [0, 0.1) is 0 Å². The first-order valence-electron chi connectivity index (χ1n) is 9.26. The van der Waals surface area contributed by atoms with Crippen LogP contribution in [0.4, 0.5) is 5.82 Å². The Balaban J connectivity index is 1.67. The van der Waals surface area contributed by atoms with E-state index in [1.165, 1.54) is 0 Å². The summed E-state index contributed by atoms with van der Waals surface area (Å²) < 4.78 is 1.81. The normalized spacial score (nSPS) is 13.6. The number of anilines is 1. The number of aryl methyl sites for hydroxylation is 1. The Bertz CT molecular complexity index is 970. The molecule has 7 heteroatoms. The Morgan fingerprint density at radius 1 is 1.26 bits per heavy atom. The second-order valence-corrected chi connectivity index (χ2v) is 7.16. The van der Waals surface area contributed by atoms with Crippen molar-refractivity contribution in [1.29, 1.82) is 0 Å². The maximum Gasteiger partial charge on any atom is 0.277 e. The zero-order chi connectivity index (χ0) is 19.0. The molecule has 0 unspecified atom stereocenters. The maximum atomic E-state index is 13.0. The van der Waals surface area contributed by atoms with Crippen molar-refractivity contribution in [2.45, 2.75) is 32.7 Å². The van der Waals surface area contributed by atoms with E-state index in [9.17, 15) is 4.79 Å². The first-order chi connectivity index (χ1) is 13.1. The lowest BCUT2D eigenvalue weighted by atomic mass is 9.98. The van der Waals surface area contributed by atoms with E-state index in [0.717, 1.165) is 41.0 Å². The summed E-state index contributed by atoms with van der Waals surface area (Å²) in [4.78, 5) is 13.0. The molecule has 0 fully saturated rings. The van der Waals surface area contributed by atoms with Gasteiger partial charge in [0.1, 0.15) is 0 Å². The van der Waals surface area contributed by atoms with E-state index >= 15 is 0 Å². The molecular formula is C20H24N6O. The monoisotopic (exact) mass is 364 g/mol. The minimum atomic E-state index is -0.219. The number of rotatable bonds is 4. The third-order valence-electron chi connectivity index (χ3n) is 5.01. The van der Waals surface area contributed by atoms with Crippen LogP contribution in [0.3, 0.4) is 0 Å². The van der Waals surface area contributed by atoms with Crippen molar-refractivity contribution in [3.63, 3.8) is 0 Å². The summed E-state index contributed by atoms with van der Waals surface area (Å²) in [6, 6.07) is 10.0. The van der Waals surface area contributed by atoms with Crippen molar-refractivity contribution in [2.24, 2.45) is 7.05 Å². The highest BCUT2D eigenvalue weighted by Gasteiger charge is 2.26. The van der Waals surface area contributed by atoms with E-state index in [1.807, 2.05) is 42.1 Å². The zero-order valence-corrected chi connectivity index (χ0v) is 15.8. The zero-order valence-electron chi connectivity index (χ0n) is 15.8. The van der Waals surface area contributed by atoms with Gasteiger partial charge in [0.25, 0.3) is 5.91 Å². The van der Waals surface area contributed by atoms with Gasteiger partial charge in [0.05, 0.1) is 5.69 Å². The molecule has 3 heterocycles. The number of carbonyl (C=O) groups is 1. The lowest BCUT2D eigenvalue weighted by Gasteiger charge is -2.14. The summed E-state index contributed by atoms with van der Waals surface area (Å²) >= 11 is 0. The number of hydrogen-bond donors (Lipinski definition) is 3. The van der Waals surface area contributed by atoms with Gasteiger partial charge in [-0.25, -0.2) is 0 Å². The molecule has 0 spiro atoms. The van der Waals surface area contributed by atoms with Crippen LogP contribution >= 0.6 is 0 Å². The van der Waals surface area contributed by atoms with Gasteiger partial charge in [-0.1, -0.05) is 44.2 Å². The topological polar surface area (TPSA) is 87.6 Å². The second kappa shape index (κ2) is 7.00. The number of hydrogen-bond acceptors (Lipinski definition) is 4. The van der Waals surface area contributed by atoms with Gasteiger partial charge in [0.15, 0.2) is 11.5 Å². The lowest BCUT2D eigenvalue weighted by molar-refractivity contribution is 0.102. The highest BCUT2D eigenvalue weighted by Crippen LogP contribution is 2.33. The first-order valence-corrected chi connectivity index (χ1v) is 9.26. The van der Waals surface area contributed by atoms with E-state index in [-0.39, 0.29) is 11.8 Å². The van der Waals surface area contributed by atoms with E-state index in [0.29, 0.717) is 18.1 Å². The SMILES string of the molecule is CC(C)c1c(NC(=O)c2nn(C)c3c2CNCC3)n[nH]c1-c1ccccc1. The number of amides is 1. The molecule has 2 aromatic heterocycles. The summed E-state index contributed by atoms with van der Waals surface area (Å²) in [5, 5.41) is 18.2. The number of aromatic nitrogens is 4. The Hall–Kier alpha value is -2.93. The summed E-state index contributed by atoms with van der Waals surface area (Å²) in [6.07, 6.45) is 0.879. The van der Waals surface area contributed by atoms with Crippen LogP contribution in [0.25, 0.3) is 11.3 Å². The predicted octanol–water partition coefficient (Wildman–Crippen LogP) is 2.83. The van der Waals surface area contributed by atoms with Crippen LogP contribution in [-0.4, -0.2) is 32.4 Å². The highest BCUT2D eigenvalue weighted by atomic mass is 16.2. The summed E-state index contributed by atoms with van der Waals surface area (Å²) in [5.41, 5.74) is 5.55. The minimum Gasteiger partial charge on any atom is -0.312 e. The van der Waals surface area contributed by atoms with Crippen LogP contribution in [0.2, 0.25) is 0 Å². The van der Waals surface area contributed by atoms with Crippen molar-refractivity contribution >= 4 is 11.7 Å². The van der Waals surface area contributed by atoms with Gasteiger partial charge in [-0.3, -0.25) is 14.6 Å². The molecule has 0 saturated heterocycles. The molecule has 4 rings (SSSR count). The van der Waals surface area contributed by atoms with Crippen LogP contribution < -0.4 is 10.6 Å². The van der Waals surface area contributed by atoms with Crippen molar-refractivity contribution in [3.05, 3.63) is 52.8 Å². The number of fused-ring (bicyclic) bond motifs is 1. The Kier molecular flexibility index (Phi) is 4.53. The number of aromatic amines is 1. The van der Waals surface area contributed by atoms with Crippen molar-refractivity contribution < 1.29 is 4.79 Å². The van der Waals surface area contributed by atoms with E-state index in [1.54, 1.807) is 0 Å². The maximum absolute atomic E-state index is 13.0. The fraction of sp³-hybridized carbons (Fsp3) is 0.350. The Labute approximate surface area is 158 Å². The van der Waals surface area contributed by atoms with Crippen LogP contribution in [0.1, 0.15) is 47.1 Å². The predicted molar refractivity (Wildman–Crippen MR) is 105 cm³/mol. The molecule has 0 atom stereocenters. The van der Waals surface area contributed by atoms with Gasteiger partial charge in [0, 0.05) is 43.4 Å². The van der Waals surface area contributed by atoms with Gasteiger partial charge in [0.2, 0.25) is 0 Å². The molecule has 140 valence electrons. The second-order valence-electron chi connectivity index (χ2n) is 7.16.